The molecule has 1 aromatic carbocycles. The maximum Gasteiger partial charge on any atom is 0.0165 e. The summed E-state index contributed by atoms with van der Waals surface area (Å²) in [5.41, 5.74) is 2.70. The van der Waals surface area contributed by atoms with Gasteiger partial charge in [0.2, 0.25) is 0 Å². The van der Waals surface area contributed by atoms with Crippen LogP contribution < -0.4 is 5.32 Å². The minimum atomic E-state index is 0. The molecule has 0 bridgehead atoms. The van der Waals surface area contributed by atoms with Crippen molar-refractivity contribution >= 4 is 18.5 Å². The normalized spacial score (nSPS) is 15.7. The van der Waals surface area contributed by atoms with Crippen molar-refractivity contribution in [1.29, 1.82) is 0 Å². The van der Waals surface area contributed by atoms with Crippen LogP contribution in [0.25, 0.3) is 6.08 Å². The molecule has 0 atom stereocenters. The van der Waals surface area contributed by atoms with Gasteiger partial charge in [-0.15, -0.1) is 12.4 Å². The first-order valence-corrected chi connectivity index (χ1v) is 5.77. The molecule has 0 radical (unpaired) electrons. The molecule has 1 N–H and O–H groups in total. The highest BCUT2D eigenvalue weighted by Crippen LogP contribution is 2.27. The topological polar surface area (TPSA) is 12.0 Å². The molecule has 0 heterocycles. The lowest BCUT2D eigenvalue weighted by atomic mass is 10.1. The Morgan fingerprint density at radius 1 is 1.31 bits per heavy atom. The molecule has 2 heteroatoms. The lowest BCUT2D eigenvalue weighted by Crippen LogP contribution is -2.18. The summed E-state index contributed by atoms with van der Waals surface area (Å²) in [4.78, 5) is 0. The van der Waals surface area contributed by atoms with E-state index >= 15 is 0 Å². The lowest BCUT2D eigenvalue weighted by molar-refractivity contribution is 0.672. The van der Waals surface area contributed by atoms with Gasteiger partial charge in [-0.2, -0.15) is 0 Å². The Bertz CT molecular complexity index is 328. The fourth-order valence-electron chi connectivity index (χ4n) is 1.68. The van der Waals surface area contributed by atoms with Gasteiger partial charge < -0.3 is 5.32 Å². The van der Waals surface area contributed by atoms with Crippen LogP contribution in [0.5, 0.6) is 0 Å². The summed E-state index contributed by atoms with van der Waals surface area (Å²) in [6.07, 6.45) is 5.10. The second-order valence-corrected chi connectivity index (χ2v) is 4.48. The molecule has 2 rings (SSSR count). The minimum absolute atomic E-state index is 0. The van der Waals surface area contributed by atoms with Crippen molar-refractivity contribution in [3.8, 4) is 0 Å². The summed E-state index contributed by atoms with van der Waals surface area (Å²) in [6, 6.07) is 10.5. The number of nitrogens with one attached hydrogen (secondary N) is 1. The Morgan fingerprint density at radius 3 is 2.62 bits per heavy atom. The quantitative estimate of drug-likeness (QED) is 0.827. The number of benzene rings is 1. The zero-order valence-electron chi connectivity index (χ0n) is 9.78. The van der Waals surface area contributed by atoms with E-state index in [1.807, 2.05) is 0 Å². The molecule has 1 aromatic rings. The molecule has 1 fully saturated rings. The van der Waals surface area contributed by atoms with Gasteiger partial charge in [-0.25, -0.2) is 0 Å². The highest BCUT2D eigenvalue weighted by atomic mass is 35.5. The smallest absolute Gasteiger partial charge is 0.0165 e. The minimum Gasteiger partial charge on any atom is -0.313 e. The maximum atomic E-state index is 3.50. The van der Waals surface area contributed by atoms with Crippen molar-refractivity contribution in [2.24, 2.45) is 5.92 Å². The summed E-state index contributed by atoms with van der Waals surface area (Å²) < 4.78 is 0. The highest BCUT2D eigenvalue weighted by Gasteiger charge is 2.19. The van der Waals surface area contributed by atoms with Crippen molar-refractivity contribution in [3.63, 3.8) is 0 Å². The van der Waals surface area contributed by atoms with E-state index < -0.39 is 0 Å². The van der Waals surface area contributed by atoms with Crippen LogP contribution in [0.15, 0.2) is 35.9 Å². The summed E-state index contributed by atoms with van der Waals surface area (Å²) in [5, 5.41) is 3.50. The van der Waals surface area contributed by atoms with E-state index in [-0.39, 0.29) is 12.4 Å². The molecule has 0 spiro atoms. The third-order valence-corrected chi connectivity index (χ3v) is 2.75. The van der Waals surface area contributed by atoms with Crippen LogP contribution in [-0.4, -0.2) is 13.1 Å². The van der Waals surface area contributed by atoms with Gasteiger partial charge >= 0.3 is 0 Å². The predicted octanol–water partition coefficient (Wildman–Crippen LogP) is 3.51. The Labute approximate surface area is 104 Å². The molecule has 0 aromatic heterocycles. The highest BCUT2D eigenvalue weighted by molar-refractivity contribution is 5.85. The van der Waals surface area contributed by atoms with Crippen LogP contribution in [0.4, 0.5) is 0 Å². The maximum absolute atomic E-state index is 3.50. The monoisotopic (exact) mass is 237 g/mol. The van der Waals surface area contributed by atoms with Crippen molar-refractivity contribution in [2.75, 3.05) is 13.1 Å². The number of halogens is 1. The van der Waals surface area contributed by atoms with E-state index in [9.17, 15) is 0 Å². The SMILES string of the molecule is C/C(=C/c1ccccc1)CNCC1CC1.Cl. The number of hydrogen-bond acceptors (Lipinski definition) is 1. The average molecular weight is 238 g/mol. The van der Waals surface area contributed by atoms with Crippen LogP contribution in [-0.2, 0) is 0 Å². The molecule has 88 valence electrons. The van der Waals surface area contributed by atoms with Gasteiger partial charge in [0.05, 0.1) is 0 Å². The third-order valence-electron chi connectivity index (χ3n) is 2.75. The molecule has 0 aliphatic heterocycles. The first-order valence-electron chi connectivity index (χ1n) is 5.77. The molecular weight excluding hydrogens is 218 g/mol. The van der Waals surface area contributed by atoms with Crippen LogP contribution in [0, 0.1) is 5.92 Å². The van der Waals surface area contributed by atoms with Gasteiger partial charge in [-0.1, -0.05) is 42.0 Å². The summed E-state index contributed by atoms with van der Waals surface area (Å²) in [6.45, 7) is 4.40. The van der Waals surface area contributed by atoms with Crippen LogP contribution >= 0.6 is 12.4 Å². The van der Waals surface area contributed by atoms with Gasteiger partial charge in [0, 0.05) is 6.54 Å². The van der Waals surface area contributed by atoms with Crippen molar-refractivity contribution < 1.29 is 0 Å². The first kappa shape index (κ1) is 13.3. The van der Waals surface area contributed by atoms with Crippen LogP contribution in [0.2, 0.25) is 0 Å². The largest absolute Gasteiger partial charge is 0.313 e. The van der Waals surface area contributed by atoms with Crippen molar-refractivity contribution in [2.45, 2.75) is 19.8 Å². The Hall–Kier alpha value is -0.790. The Morgan fingerprint density at radius 2 is 2.00 bits per heavy atom. The van der Waals surface area contributed by atoms with Crippen LogP contribution in [0.3, 0.4) is 0 Å². The number of hydrogen-bond donors (Lipinski definition) is 1. The molecule has 16 heavy (non-hydrogen) atoms. The van der Waals surface area contributed by atoms with Crippen molar-refractivity contribution in [3.05, 3.63) is 41.5 Å². The van der Waals surface area contributed by atoms with Gasteiger partial charge in [0.1, 0.15) is 0 Å². The summed E-state index contributed by atoms with van der Waals surface area (Å²) >= 11 is 0. The molecule has 0 amide bonds. The van der Waals surface area contributed by atoms with E-state index in [1.165, 1.54) is 30.5 Å². The van der Waals surface area contributed by atoms with Gasteiger partial charge in [-0.3, -0.25) is 0 Å². The average Bonchev–Trinajstić information content (AvgIpc) is 3.03. The van der Waals surface area contributed by atoms with E-state index in [1.54, 1.807) is 0 Å². The molecular formula is C14H20ClN. The standard InChI is InChI=1S/C14H19N.ClH/c1-12(10-15-11-14-7-8-14)9-13-5-3-2-4-6-13;/h2-6,9,14-15H,7-8,10-11H2,1H3;1H/b12-9-;. The van der Waals surface area contributed by atoms with Gasteiger partial charge in [0.25, 0.3) is 0 Å². The molecule has 1 nitrogen and oxygen atoms in total. The van der Waals surface area contributed by atoms with E-state index in [0.29, 0.717) is 0 Å². The molecule has 1 saturated carbocycles. The van der Waals surface area contributed by atoms with Gasteiger partial charge in [0.15, 0.2) is 0 Å². The van der Waals surface area contributed by atoms with Crippen molar-refractivity contribution in [1.82, 2.24) is 5.32 Å². The van der Waals surface area contributed by atoms with E-state index in [2.05, 4.69) is 48.6 Å². The van der Waals surface area contributed by atoms with E-state index in [4.69, 9.17) is 0 Å². The zero-order valence-corrected chi connectivity index (χ0v) is 10.6. The number of rotatable bonds is 5. The van der Waals surface area contributed by atoms with Crippen LogP contribution in [0.1, 0.15) is 25.3 Å². The fraction of sp³-hybridized carbons (Fsp3) is 0.429. The second kappa shape index (κ2) is 6.72. The Balaban J connectivity index is 0.00000128. The first-order chi connectivity index (χ1) is 7.34. The fourth-order valence-corrected chi connectivity index (χ4v) is 1.68. The molecule has 1 aliphatic rings. The summed E-state index contributed by atoms with van der Waals surface area (Å²) in [7, 11) is 0. The molecule has 1 aliphatic carbocycles. The van der Waals surface area contributed by atoms with Gasteiger partial charge in [-0.05, 0) is 37.8 Å². The second-order valence-electron chi connectivity index (χ2n) is 4.48. The molecule has 0 unspecified atom stereocenters. The lowest BCUT2D eigenvalue weighted by Gasteiger charge is -2.03. The Kier molecular flexibility index (Phi) is 5.58. The molecule has 0 saturated heterocycles. The summed E-state index contributed by atoms with van der Waals surface area (Å²) in [5.74, 6) is 0.967. The predicted molar refractivity (Wildman–Crippen MR) is 72.9 cm³/mol. The van der Waals surface area contributed by atoms with E-state index in [0.717, 1.165) is 12.5 Å². The zero-order chi connectivity index (χ0) is 10.5. The third kappa shape index (κ3) is 4.82.